The minimum atomic E-state index is -0.648. The van der Waals surface area contributed by atoms with Gasteiger partial charge in [0.25, 0.3) is 5.69 Å². The lowest BCUT2D eigenvalue weighted by molar-refractivity contribution is -0.385. The first-order chi connectivity index (χ1) is 9.49. The first kappa shape index (κ1) is 14.0. The number of hydrogen-bond donors (Lipinski definition) is 1. The third-order valence-corrected chi connectivity index (χ3v) is 2.96. The third kappa shape index (κ3) is 2.95. The average molecular weight is 273 g/mol. The molecule has 0 aliphatic carbocycles. The van der Waals surface area contributed by atoms with Gasteiger partial charge in [-0.25, -0.2) is 0 Å². The number of hydrogen-bond acceptors (Lipinski definition) is 4. The molecule has 0 radical (unpaired) electrons. The molecule has 20 heavy (non-hydrogen) atoms. The van der Waals surface area contributed by atoms with Gasteiger partial charge in [0, 0.05) is 17.2 Å². The van der Waals surface area contributed by atoms with Gasteiger partial charge in [-0.1, -0.05) is 18.2 Å². The van der Waals surface area contributed by atoms with E-state index in [9.17, 15) is 15.2 Å². The fraction of sp³-hybridized carbons (Fsp3) is 0.200. The molecule has 5 nitrogen and oxygen atoms in total. The maximum Gasteiger partial charge on any atom is 0.272 e. The second-order valence-electron chi connectivity index (χ2n) is 4.52. The Balaban J connectivity index is 2.31. The van der Waals surface area contributed by atoms with Crippen molar-refractivity contribution in [3.63, 3.8) is 0 Å². The maximum absolute atomic E-state index is 10.8. The van der Waals surface area contributed by atoms with Gasteiger partial charge in [-0.2, -0.15) is 0 Å². The smallest absolute Gasteiger partial charge is 0.272 e. The SMILES string of the molecule is Cc1cc(Oc2ccccc2[C@@H](C)O)ccc1[N+](=O)[O-]. The van der Waals surface area contributed by atoms with Crippen LogP contribution in [0.3, 0.4) is 0 Å². The Hall–Kier alpha value is -2.40. The molecule has 1 N–H and O–H groups in total. The highest BCUT2D eigenvalue weighted by Crippen LogP contribution is 2.31. The van der Waals surface area contributed by atoms with Crippen LogP contribution in [0.2, 0.25) is 0 Å². The second kappa shape index (κ2) is 5.71. The lowest BCUT2D eigenvalue weighted by atomic mass is 10.1. The summed E-state index contributed by atoms with van der Waals surface area (Å²) >= 11 is 0. The van der Waals surface area contributed by atoms with Crippen LogP contribution < -0.4 is 4.74 Å². The summed E-state index contributed by atoms with van der Waals surface area (Å²) in [5.41, 5.74) is 1.26. The molecule has 0 spiro atoms. The minimum Gasteiger partial charge on any atom is -0.457 e. The Labute approximate surface area is 116 Å². The molecule has 2 aromatic rings. The number of nitro groups is 1. The van der Waals surface area contributed by atoms with Crippen LogP contribution in [0.1, 0.15) is 24.2 Å². The molecule has 5 heteroatoms. The van der Waals surface area contributed by atoms with E-state index in [-0.39, 0.29) is 5.69 Å². The highest BCUT2D eigenvalue weighted by atomic mass is 16.6. The van der Waals surface area contributed by atoms with E-state index in [0.29, 0.717) is 22.6 Å². The number of benzene rings is 2. The van der Waals surface area contributed by atoms with E-state index in [0.717, 1.165) is 0 Å². The van der Waals surface area contributed by atoms with E-state index in [1.807, 2.05) is 6.07 Å². The third-order valence-electron chi connectivity index (χ3n) is 2.96. The maximum atomic E-state index is 10.8. The van der Waals surface area contributed by atoms with Crippen molar-refractivity contribution in [1.82, 2.24) is 0 Å². The lowest BCUT2D eigenvalue weighted by Gasteiger charge is -2.13. The predicted molar refractivity (Wildman–Crippen MR) is 75.0 cm³/mol. The zero-order valence-corrected chi connectivity index (χ0v) is 11.2. The first-order valence-corrected chi connectivity index (χ1v) is 6.19. The van der Waals surface area contributed by atoms with Gasteiger partial charge in [0.1, 0.15) is 11.5 Å². The zero-order chi connectivity index (χ0) is 14.7. The molecular weight excluding hydrogens is 258 g/mol. The predicted octanol–water partition coefficient (Wildman–Crippen LogP) is 3.75. The van der Waals surface area contributed by atoms with Crippen molar-refractivity contribution in [3.05, 3.63) is 63.7 Å². The van der Waals surface area contributed by atoms with Gasteiger partial charge in [0.15, 0.2) is 0 Å². The van der Waals surface area contributed by atoms with Crippen molar-refractivity contribution < 1.29 is 14.8 Å². The van der Waals surface area contributed by atoms with E-state index >= 15 is 0 Å². The van der Waals surface area contributed by atoms with Gasteiger partial charge in [-0.3, -0.25) is 10.1 Å². The van der Waals surface area contributed by atoms with E-state index in [2.05, 4.69) is 0 Å². The van der Waals surface area contributed by atoms with Crippen molar-refractivity contribution in [1.29, 1.82) is 0 Å². The summed E-state index contributed by atoms with van der Waals surface area (Å²) in [7, 11) is 0. The van der Waals surface area contributed by atoms with Gasteiger partial charge in [0.05, 0.1) is 11.0 Å². The molecule has 0 amide bonds. The average Bonchev–Trinajstić information content (AvgIpc) is 2.38. The summed E-state index contributed by atoms with van der Waals surface area (Å²) in [5, 5.41) is 20.5. The van der Waals surface area contributed by atoms with Crippen LogP contribution in [0.25, 0.3) is 0 Å². The van der Waals surface area contributed by atoms with Gasteiger partial charge in [0.2, 0.25) is 0 Å². The molecule has 0 aliphatic rings. The van der Waals surface area contributed by atoms with Crippen LogP contribution >= 0.6 is 0 Å². The lowest BCUT2D eigenvalue weighted by Crippen LogP contribution is -1.97. The van der Waals surface area contributed by atoms with Crippen LogP contribution in [0, 0.1) is 17.0 Å². The van der Waals surface area contributed by atoms with E-state index in [1.54, 1.807) is 44.2 Å². The van der Waals surface area contributed by atoms with Gasteiger partial charge >= 0.3 is 0 Å². The van der Waals surface area contributed by atoms with Crippen LogP contribution in [-0.2, 0) is 0 Å². The number of nitrogens with zero attached hydrogens (tertiary/aromatic N) is 1. The summed E-state index contributed by atoms with van der Waals surface area (Å²) in [6.07, 6.45) is -0.648. The summed E-state index contributed by atoms with van der Waals surface area (Å²) < 4.78 is 5.70. The van der Waals surface area contributed by atoms with Crippen LogP contribution in [0.5, 0.6) is 11.5 Å². The standard InChI is InChI=1S/C15H15NO4/c1-10-9-12(7-8-14(10)16(18)19)20-15-6-4-3-5-13(15)11(2)17/h3-9,11,17H,1-2H3/t11-/m1/s1. The molecule has 1 atom stereocenters. The Morgan fingerprint density at radius 2 is 1.95 bits per heavy atom. The van der Waals surface area contributed by atoms with Crippen LogP contribution in [0.4, 0.5) is 5.69 Å². The molecule has 0 aliphatic heterocycles. The Morgan fingerprint density at radius 3 is 2.55 bits per heavy atom. The van der Waals surface area contributed by atoms with Crippen molar-refractivity contribution in [2.75, 3.05) is 0 Å². The summed E-state index contributed by atoms with van der Waals surface area (Å²) in [6, 6.07) is 11.7. The largest absolute Gasteiger partial charge is 0.457 e. The fourth-order valence-corrected chi connectivity index (χ4v) is 1.94. The van der Waals surface area contributed by atoms with Crippen molar-refractivity contribution in [2.45, 2.75) is 20.0 Å². The molecule has 2 aromatic carbocycles. The Bertz CT molecular complexity index is 638. The first-order valence-electron chi connectivity index (χ1n) is 6.19. The number of ether oxygens (including phenoxy) is 1. The molecule has 2 rings (SSSR count). The van der Waals surface area contributed by atoms with Crippen molar-refractivity contribution in [2.24, 2.45) is 0 Å². The summed E-state index contributed by atoms with van der Waals surface area (Å²) in [5.74, 6) is 1.04. The number of aliphatic hydroxyl groups excluding tert-OH is 1. The molecule has 0 aromatic heterocycles. The van der Waals surface area contributed by atoms with E-state index in [1.165, 1.54) is 6.07 Å². The van der Waals surface area contributed by atoms with E-state index in [4.69, 9.17) is 4.74 Å². The van der Waals surface area contributed by atoms with Crippen molar-refractivity contribution in [3.8, 4) is 11.5 Å². The number of aryl methyl sites for hydroxylation is 1. The number of rotatable bonds is 4. The topological polar surface area (TPSA) is 72.6 Å². The van der Waals surface area contributed by atoms with Gasteiger partial charge in [-0.15, -0.1) is 0 Å². The van der Waals surface area contributed by atoms with Crippen LogP contribution in [-0.4, -0.2) is 10.0 Å². The molecule has 0 unspecified atom stereocenters. The van der Waals surface area contributed by atoms with Crippen molar-refractivity contribution >= 4 is 5.69 Å². The highest BCUT2D eigenvalue weighted by molar-refractivity contribution is 5.46. The molecule has 0 heterocycles. The molecule has 0 bridgehead atoms. The van der Waals surface area contributed by atoms with Gasteiger partial charge < -0.3 is 9.84 Å². The normalized spacial score (nSPS) is 11.9. The second-order valence-corrected chi connectivity index (χ2v) is 4.52. The number of aliphatic hydroxyl groups is 1. The number of para-hydroxylation sites is 1. The minimum absolute atomic E-state index is 0.0566. The summed E-state index contributed by atoms with van der Waals surface area (Å²) in [6.45, 7) is 3.31. The number of nitro benzene ring substituents is 1. The van der Waals surface area contributed by atoms with Gasteiger partial charge in [-0.05, 0) is 32.0 Å². The molecule has 0 fully saturated rings. The quantitative estimate of drug-likeness (QED) is 0.680. The fourth-order valence-electron chi connectivity index (χ4n) is 1.94. The molecule has 104 valence electrons. The monoisotopic (exact) mass is 273 g/mol. The Kier molecular flexibility index (Phi) is 4.00. The highest BCUT2D eigenvalue weighted by Gasteiger charge is 2.13. The zero-order valence-electron chi connectivity index (χ0n) is 11.2. The molecular formula is C15H15NO4. The summed E-state index contributed by atoms with van der Waals surface area (Å²) in [4.78, 5) is 10.3. The van der Waals surface area contributed by atoms with E-state index < -0.39 is 11.0 Å². The molecule has 0 saturated heterocycles. The Morgan fingerprint density at radius 1 is 1.25 bits per heavy atom. The van der Waals surface area contributed by atoms with Crippen LogP contribution in [0.15, 0.2) is 42.5 Å². The molecule has 0 saturated carbocycles.